The molecule has 4 rings (SSSR count). The minimum Gasteiger partial charge on any atom is -0.296 e. The summed E-state index contributed by atoms with van der Waals surface area (Å²) in [5.41, 5.74) is 1.74. The highest BCUT2D eigenvalue weighted by Gasteiger charge is 2.16. The molecule has 3 aromatic heterocycles. The van der Waals surface area contributed by atoms with Gasteiger partial charge in [0.05, 0.1) is 17.6 Å². The van der Waals surface area contributed by atoms with Gasteiger partial charge in [-0.25, -0.2) is 18.4 Å². The number of hydrogen-bond donors (Lipinski definition) is 1. The number of nitrogens with one attached hydrogen (secondary N) is 1. The molecule has 0 aliphatic heterocycles. The maximum atomic E-state index is 13.5. The first-order valence-electron chi connectivity index (χ1n) is 7.79. The number of halogens is 2. The second-order valence-corrected chi connectivity index (χ2v) is 6.29. The Kier molecular flexibility index (Phi) is 4.43. The molecule has 1 amide bonds. The van der Waals surface area contributed by atoms with Crippen molar-refractivity contribution in [3.8, 4) is 17.1 Å². The normalized spacial score (nSPS) is 10.7. The van der Waals surface area contributed by atoms with Crippen molar-refractivity contribution in [2.75, 3.05) is 5.32 Å². The molecule has 0 atom stereocenters. The first-order valence-corrected chi connectivity index (χ1v) is 8.67. The third-order valence-corrected chi connectivity index (χ3v) is 4.43. The molecule has 0 radical (unpaired) electrons. The molecular formula is C18H11F2N5OS. The smallest absolute Gasteiger partial charge is 0.276 e. The fourth-order valence-electron chi connectivity index (χ4n) is 2.42. The molecule has 134 valence electrons. The Bertz CT molecular complexity index is 1110. The fourth-order valence-corrected chi connectivity index (χ4v) is 3.12. The van der Waals surface area contributed by atoms with Gasteiger partial charge in [0.2, 0.25) is 0 Å². The predicted molar refractivity (Wildman–Crippen MR) is 96.8 cm³/mol. The number of carbonyl (C=O) groups is 1. The molecule has 0 saturated carbocycles. The maximum Gasteiger partial charge on any atom is 0.276 e. The summed E-state index contributed by atoms with van der Waals surface area (Å²) in [6, 6.07) is 10.2. The molecule has 9 heteroatoms. The van der Waals surface area contributed by atoms with Crippen molar-refractivity contribution < 1.29 is 13.6 Å². The zero-order valence-corrected chi connectivity index (χ0v) is 14.5. The number of nitrogens with zero attached hydrogens (tertiary/aromatic N) is 4. The van der Waals surface area contributed by atoms with Gasteiger partial charge in [-0.05, 0) is 30.3 Å². The van der Waals surface area contributed by atoms with Crippen LogP contribution in [0.1, 0.15) is 10.5 Å². The van der Waals surface area contributed by atoms with Gasteiger partial charge >= 0.3 is 0 Å². The van der Waals surface area contributed by atoms with Gasteiger partial charge in [-0.1, -0.05) is 6.07 Å². The summed E-state index contributed by atoms with van der Waals surface area (Å²) < 4.78 is 27.8. The summed E-state index contributed by atoms with van der Waals surface area (Å²) in [5, 5.41) is 8.87. The lowest BCUT2D eigenvalue weighted by Gasteiger charge is -2.07. The molecule has 0 spiro atoms. The number of anilines is 1. The zero-order chi connectivity index (χ0) is 18.8. The van der Waals surface area contributed by atoms with Crippen LogP contribution in [0.5, 0.6) is 0 Å². The molecule has 0 fully saturated rings. The molecular weight excluding hydrogens is 372 g/mol. The van der Waals surface area contributed by atoms with Crippen LogP contribution >= 0.6 is 11.3 Å². The largest absolute Gasteiger partial charge is 0.296 e. The number of rotatable bonds is 4. The summed E-state index contributed by atoms with van der Waals surface area (Å²) >= 11 is 1.25. The van der Waals surface area contributed by atoms with Gasteiger partial charge in [0.25, 0.3) is 5.91 Å². The summed E-state index contributed by atoms with van der Waals surface area (Å²) in [6.07, 6.45) is 3.06. The van der Waals surface area contributed by atoms with Crippen molar-refractivity contribution in [3.63, 3.8) is 0 Å². The number of carbonyl (C=O) groups excluding carboxylic acids is 1. The summed E-state index contributed by atoms with van der Waals surface area (Å²) in [5.74, 6) is -2.46. The Morgan fingerprint density at radius 3 is 2.70 bits per heavy atom. The number of pyridine rings is 1. The quantitative estimate of drug-likeness (QED) is 0.580. The van der Waals surface area contributed by atoms with Crippen LogP contribution in [-0.4, -0.2) is 25.7 Å². The van der Waals surface area contributed by atoms with Gasteiger partial charge in [-0.3, -0.25) is 15.1 Å². The average Bonchev–Trinajstić information content (AvgIpc) is 3.34. The highest BCUT2D eigenvalue weighted by molar-refractivity contribution is 7.14. The fraction of sp³-hybridized carbons (Fsp3) is 0. The Hall–Kier alpha value is -3.46. The SMILES string of the molecule is O=C(Nc1nc(-c2ccccn2)cs1)c1ccnn1-c1ccc(F)c(F)c1. The van der Waals surface area contributed by atoms with Gasteiger partial charge in [0.1, 0.15) is 11.4 Å². The lowest BCUT2D eigenvalue weighted by molar-refractivity contribution is 0.101. The minimum atomic E-state index is -1.02. The van der Waals surface area contributed by atoms with Crippen molar-refractivity contribution in [1.29, 1.82) is 0 Å². The molecule has 3 heterocycles. The summed E-state index contributed by atoms with van der Waals surface area (Å²) in [7, 11) is 0. The minimum absolute atomic E-state index is 0.163. The molecule has 0 saturated heterocycles. The van der Waals surface area contributed by atoms with Crippen LogP contribution in [0.25, 0.3) is 17.1 Å². The topological polar surface area (TPSA) is 72.7 Å². The first-order chi connectivity index (χ1) is 13.1. The number of hydrogen-bond acceptors (Lipinski definition) is 5. The van der Waals surface area contributed by atoms with Gasteiger partial charge in [-0.15, -0.1) is 11.3 Å². The number of aromatic nitrogens is 4. The van der Waals surface area contributed by atoms with E-state index in [9.17, 15) is 13.6 Å². The first kappa shape index (κ1) is 17.0. The van der Waals surface area contributed by atoms with Crippen LogP contribution in [0.15, 0.2) is 60.2 Å². The number of thiazole rings is 1. The van der Waals surface area contributed by atoms with Crippen LogP contribution in [0, 0.1) is 11.6 Å². The third-order valence-electron chi connectivity index (χ3n) is 3.68. The van der Waals surface area contributed by atoms with Crippen LogP contribution in [-0.2, 0) is 0 Å². The molecule has 6 nitrogen and oxygen atoms in total. The molecule has 4 aromatic rings. The second-order valence-electron chi connectivity index (χ2n) is 5.43. The van der Waals surface area contributed by atoms with Crippen molar-refractivity contribution >= 4 is 22.4 Å². The molecule has 1 N–H and O–H groups in total. The summed E-state index contributed by atoms with van der Waals surface area (Å²) in [6.45, 7) is 0. The van der Waals surface area contributed by atoms with E-state index in [1.54, 1.807) is 17.6 Å². The standard InChI is InChI=1S/C18H11F2N5OS/c19-12-5-4-11(9-13(12)20)25-16(6-8-22-25)17(26)24-18-23-15(10-27-18)14-3-1-2-7-21-14/h1-10H,(H,23,24,26). The lowest BCUT2D eigenvalue weighted by atomic mass is 10.3. The Morgan fingerprint density at radius 1 is 1.04 bits per heavy atom. The van der Waals surface area contributed by atoms with E-state index in [-0.39, 0.29) is 11.4 Å². The van der Waals surface area contributed by atoms with Gasteiger partial charge in [0.15, 0.2) is 16.8 Å². The van der Waals surface area contributed by atoms with E-state index < -0.39 is 17.5 Å². The Balaban J connectivity index is 1.57. The van der Waals surface area contributed by atoms with Gasteiger partial charge in [-0.2, -0.15) is 5.10 Å². The van der Waals surface area contributed by atoms with Crippen molar-refractivity contribution in [3.05, 3.63) is 77.6 Å². The average molecular weight is 383 g/mol. The highest BCUT2D eigenvalue weighted by Crippen LogP contribution is 2.24. The predicted octanol–water partition coefficient (Wildman–Crippen LogP) is 3.92. The second kappa shape index (κ2) is 7.04. The van der Waals surface area contributed by atoms with Crippen LogP contribution in [0.3, 0.4) is 0 Å². The van der Waals surface area contributed by atoms with Crippen LogP contribution in [0.4, 0.5) is 13.9 Å². The van der Waals surface area contributed by atoms with Crippen molar-refractivity contribution in [1.82, 2.24) is 19.7 Å². The molecule has 27 heavy (non-hydrogen) atoms. The molecule has 1 aromatic carbocycles. The highest BCUT2D eigenvalue weighted by atomic mass is 32.1. The summed E-state index contributed by atoms with van der Waals surface area (Å²) in [4.78, 5) is 21.1. The number of benzene rings is 1. The van der Waals surface area contributed by atoms with E-state index >= 15 is 0 Å². The van der Waals surface area contributed by atoms with E-state index in [1.807, 2.05) is 12.1 Å². The third kappa shape index (κ3) is 3.44. The molecule has 0 aliphatic rings. The Labute approximate surface area is 156 Å². The number of amides is 1. The van der Waals surface area contributed by atoms with E-state index in [0.29, 0.717) is 16.5 Å². The van der Waals surface area contributed by atoms with E-state index in [2.05, 4.69) is 20.4 Å². The molecule has 0 bridgehead atoms. The van der Waals surface area contributed by atoms with Crippen LogP contribution in [0.2, 0.25) is 0 Å². The Morgan fingerprint density at radius 2 is 1.93 bits per heavy atom. The maximum absolute atomic E-state index is 13.5. The van der Waals surface area contributed by atoms with E-state index in [1.165, 1.54) is 34.3 Å². The van der Waals surface area contributed by atoms with Crippen LogP contribution < -0.4 is 5.32 Å². The monoisotopic (exact) mass is 383 g/mol. The van der Waals surface area contributed by atoms with E-state index in [4.69, 9.17) is 0 Å². The van der Waals surface area contributed by atoms with E-state index in [0.717, 1.165) is 12.1 Å². The van der Waals surface area contributed by atoms with Crippen molar-refractivity contribution in [2.45, 2.75) is 0 Å². The molecule has 0 aliphatic carbocycles. The van der Waals surface area contributed by atoms with Gasteiger partial charge < -0.3 is 0 Å². The zero-order valence-electron chi connectivity index (χ0n) is 13.6. The lowest BCUT2D eigenvalue weighted by Crippen LogP contribution is -2.17. The van der Waals surface area contributed by atoms with Crippen molar-refractivity contribution in [2.24, 2.45) is 0 Å². The molecule has 0 unspecified atom stereocenters. The van der Waals surface area contributed by atoms with Gasteiger partial charge in [0, 0.05) is 17.6 Å².